The zero-order chi connectivity index (χ0) is 11.8. The Balaban J connectivity index is 2.54. The minimum Gasteiger partial charge on any atom is -0.465 e. The van der Waals surface area contributed by atoms with Crippen LogP contribution in [0, 0.1) is 5.92 Å². The van der Waals surface area contributed by atoms with E-state index in [2.05, 4.69) is 24.4 Å². The normalized spacial score (nSPS) is 21.8. The molecule has 1 rings (SSSR count). The van der Waals surface area contributed by atoms with Gasteiger partial charge in [0, 0.05) is 0 Å². The van der Waals surface area contributed by atoms with E-state index in [4.69, 9.17) is 4.74 Å². The van der Waals surface area contributed by atoms with E-state index < -0.39 is 0 Å². The smallest absolute Gasteiger partial charge is 0.323 e. The van der Waals surface area contributed by atoms with Gasteiger partial charge in [-0.25, -0.2) is 0 Å². The number of hydrogen-bond acceptors (Lipinski definition) is 3. The summed E-state index contributed by atoms with van der Waals surface area (Å²) in [5.41, 5.74) is 0. The topological polar surface area (TPSA) is 38.3 Å². The van der Waals surface area contributed by atoms with E-state index in [0.717, 1.165) is 32.2 Å². The van der Waals surface area contributed by atoms with Crippen molar-refractivity contribution >= 4 is 5.97 Å². The first-order chi connectivity index (χ1) is 7.79. The second-order valence-corrected chi connectivity index (χ2v) is 4.23. The summed E-state index contributed by atoms with van der Waals surface area (Å²) in [5, 5.41) is 3.32. The van der Waals surface area contributed by atoms with Crippen LogP contribution in [0.1, 0.15) is 39.5 Å². The molecule has 0 aromatic rings. The summed E-state index contributed by atoms with van der Waals surface area (Å²) in [6.07, 6.45) is 8.55. The van der Waals surface area contributed by atoms with Crippen molar-refractivity contribution < 1.29 is 9.53 Å². The molecule has 3 heteroatoms. The van der Waals surface area contributed by atoms with Crippen LogP contribution in [-0.4, -0.2) is 25.2 Å². The molecule has 0 aromatic heterocycles. The van der Waals surface area contributed by atoms with Gasteiger partial charge in [-0.2, -0.15) is 0 Å². The molecule has 0 radical (unpaired) electrons. The summed E-state index contributed by atoms with van der Waals surface area (Å²) in [6, 6.07) is -0.121. The quantitative estimate of drug-likeness (QED) is 0.556. The monoisotopic (exact) mass is 225 g/mol. The van der Waals surface area contributed by atoms with Gasteiger partial charge in [0.1, 0.15) is 6.04 Å². The van der Waals surface area contributed by atoms with Crippen LogP contribution in [0.5, 0.6) is 0 Å². The summed E-state index contributed by atoms with van der Waals surface area (Å²) < 4.78 is 5.13. The van der Waals surface area contributed by atoms with Crippen molar-refractivity contribution in [2.24, 2.45) is 5.92 Å². The van der Waals surface area contributed by atoms with E-state index in [0.29, 0.717) is 12.5 Å². The predicted octanol–water partition coefficient (Wildman–Crippen LogP) is 2.27. The van der Waals surface area contributed by atoms with Crippen LogP contribution in [0.3, 0.4) is 0 Å². The summed E-state index contributed by atoms with van der Waals surface area (Å²) >= 11 is 0. The lowest BCUT2D eigenvalue weighted by molar-refractivity contribution is -0.147. The molecule has 1 N–H and O–H groups in total. The lowest BCUT2D eigenvalue weighted by atomic mass is 9.87. The van der Waals surface area contributed by atoms with Crippen molar-refractivity contribution in [3.63, 3.8) is 0 Å². The van der Waals surface area contributed by atoms with Gasteiger partial charge in [0.2, 0.25) is 0 Å². The maximum atomic E-state index is 11.8. The largest absolute Gasteiger partial charge is 0.465 e. The summed E-state index contributed by atoms with van der Waals surface area (Å²) in [7, 11) is 0. The standard InChI is InChI=1S/C13H23NO2/c1-3-10-14-12(13(15)16-4-2)11-8-6-5-7-9-11/h5-6,11-12,14H,3-4,7-10H2,1-2H3. The first kappa shape index (κ1) is 13.2. The molecular weight excluding hydrogens is 202 g/mol. The van der Waals surface area contributed by atoms with Gasteiger partial charge in [0.15, 0.2) is 0 Å². The Morgan fingerprint density at radius 3 is 2.88 bits per heavy atom. The molecular formula is C13H23NO2. The first-order valence-corrected chi connectivity index (χ1v) is 6.34. The Hall–Kier alpha value is -0.830. The molecule has 16 heavy (non-hydrogen) atoms. The maximum Gasteiger partial charge on any atom is 0.323 e. The van der Waals surface area contributed by atoms with Gasteiger partial charge in [-0.05, 0) is 45.1 Å². The second kappa shape index (κ2) is 7.44. The highest BCUT2D eigenvalue weighted by Crippen LogP contribution is 2.22. The minimum atomic E-state index is -0.121. The predicted molar refractivity (Wildman–Crippen MR) is 65.2 cm³/mol. The lowest BCUT2D eigenvalue weighted by Crippen LogP contribution is -2.44. The van der Waals surface area contributed by atoms with Crippen LogP contribution in [0.2, 0.25) is 0 Å². The van der Waals surface area contributed by atoms with Crippen molar-refractivity contribution in [1.82, 2.24) is 5.32 Å². The van der Waals surface area contributed by atoms with Crippen LogP contribution in [0.4, 0.5) is 0 Å². The van der Waals surface area contributed by atoms with Gasteiger partial charge in [-0.1, -0.05) is 19.1 Å². The average Bonchev–Trinajstić information content (AvgIpc) is 2.31. The number of esters is 1. The summed E-state index contributed by atoms with van der Waals surface area (Å²) in [5.74, 6) is 0.312. The fraction of sp³-hybridized carbons (Fsp3) is 0.769. The van der Waals surface area contributed by atoms with E-state index in [1.807, 2.05) is 6.92 Å². The molecule has 0 heterocycles. The van der Waals surface area contributed by atoms with Crippen molar-refractivity contribution in [1.29, 1.82) is 0 Å². The molecule has 2 unspecified atom stereocenters. The fourth-order valence-electron chi connectivity index (χ4n) is 2.09. The van der Waals surface area contributed by atoms with Crippen LogP contribution < -0.4 is 5.32 Å². The van der Waals surface area contributed by atoms with Gasteiger partial charge in [0.05, 0.1) is 6.61 Å². The number of carbonyl (C=O) groups is 1. The van der Waals surface area contributed by atoms with Crippen molar-refractivity contribution in [2.75, 3.05) is 13.2 Å². The van der Waals surface area contributed by atoms with Crippen LogP contribution >= 0.6 is 0 Å². The number of carbonyl (C=O) groups excluding carboxylic acids is 1. The molecule has 0 aromatic carbocycles. The van der Waals surface area contributed by atoms with Crippen LogP contribution in [-0.2, 0) is 9.53 Å². The number of nitrogens with one attached hydrogen (secondary N) is 1. The number of allylic oxidation sites excluding steroid dienone is 2. The van der Waals surface area contributed by atoms with Gasteiger partial charge in [-0.15, -0.1) is 0 Å². The molecule has 1 aliphatic rings. The Morgan fingerprint density at radius 2 is 2.31 bits per heavy atom. The van der Waals surface area contributed by atoms with E-state index in [1.165, 1.54) is 0 Å². The molecule has 92 valence electrons. The molecule has 0 bridgehead atoms. The fourth-order valence-corrected chi connectivity index (χ4v) is 2.09. The van der Waals surface area contributed by atoms with Crippen molar-refractivity contribution in [2.45, 2.75) is 45.6 Å². The van der Waals surface area contributed by atoms with E-state index in [9.17, 15) is 4.79 Å². The average molecular weight is 225 g/mol. The highest BCUT2D eigenvalue weighted by atomic mass is 16.5. The van der Waals surface area contributed by atoms with E-state index >= 15 is 0 Å². The van der Waals surface area contributed by atoms with Crippen LogP contribution in [0.25, 0.3) is 0 Å². The Bertz CT molecular complexity index is 238. The van der Waals surface area contributed by atoms with Gasteiger partial charge in [0.25, 0.3) is 0 Å². The van der Waals surface area contributed by atoms with E-state index in [1.54, 1.807) is 0 Å². The third-order valence-electron chi connectivity index (χ3n) is 2.94. The highest BCUT2D eigenvalue weighted by Gasteiger charge is 2.28. The molecule has 0 saturated carbocycles. The molecule has 0 aliphatic heterocycles. The Kier molecular flexibility index (Phi) is 6.16. The molecule has 0 amide bonds. The Morgan fingerprint density at radius 1 is 1.50 bits per heavy atom. The molecule has 2 atom stereocenters. The highest BCUT2D eigenvalue weighted by molar-refractivity contribution is 5.76. The van der Waals surface area contributed by atoms with Crippen molar-refractivity contribution in [3.8, 4) is 0 Å². The maximum absolute atomic E-state index is 11.8. The molecule has 3 nitrogen and oxygen atoms in total. The SMILES string of the molecule is CCCNC(C(=O)OCC)C1CC=CCC1. The van der Waals surface area contributed by atoms with E-state index in [-0.39, 0.29) is 12.0 Å². The molecule has 0 spiro atoms. The second-order valence-electron chi connectivity index (χ2n) is 4.23. The number of hydrogen-bond donors (Lipinski definition) is 1. The third-order valence-corrected chi connectivity index (χ3v) is 2.94. The van der Waals surface area contributed by atoms with Crippen LogP contribution in [0.15, 0.2) is 12.2 Å². The number of rotatable bonds is 6. The lowest BCUT2D eigenvalue weighted by Gasteiger charge is -2.27. The minimum absolute atomic E-state index is 0.0868. The Labute approximate surface area is 98.2 Å². The summed E-state index contributed by atoms with van der Waals surface area (Å²) in [6.45, 7) is 5.31. The first-order valence-electron chi connectivity index (χ1n) is 6.34. The molecule has 0 fully saturated rings. The van der Waals surface area contributed by atoms with Gasteiger partial charge >= 0.3 is 5.97 Å². The molecule has 1 aliphatic carbocycles. The summed E-state index contributed by atoms with van der Waals surface area (Å²) in [4.78, 5) is 11.8. The zero-order valence-electron chi connectivity index (χ0n) is 10.4. The third kappa shape index (κ3) is 3.97. The van der Waals surface area contributed by atoms with Crippen molar-refractivity contribution in [3.05, 3.63) is 12.2 Å². The molecule has 0 saturated heterocycles. The van der Waals surface area contributed by atoms with Gasteiger partial charge < -0.3 is 10.1 Å². The zero-order valence-corrected chi connectivity index (χ0v) is 10.4. The van der Waals surface area contributed by atoms with Gasteiger partial charge in [-0.3, -0.25) is 4.79 Å². The number of ether oxygens (including phenoxy) is 1.